The molecule has 2 saturated carbocycles. The maximum atomic E-state index is 11.8. The Bertz CT molecular complexity index is 1450. The Morgan fingerprint density at radius 1 is 0.727 bits per heavy atom. The van der Waals surface area contributed by atoms with Crippen LogP contribution in [0.15, 0.2) is 77.3 Å². The molecule has 0 aliphatic heterocycles. The van der Waals surface area contributed by atoms with Crippen LogP contribution in [0.2, 0.25) is 5.02 Å². The summed E-state index contributed by atoms with van der Waals surface area (Å²) in [6.45, 7) is 12.6. The Kier molecular flexibility index (Phi) is 11.1. The Labute approximate surface area is 275 Å². The minimum Gasteiger partial charge on any atom is -0.444 e. The first-order valence-electron chi connectivity index (χ1n) is 15.2. The summed E-state index contributed by atoms with van der Waals surface area (Å²) in [5.74, 6) is 2.06. The molecule has 2 fully saturated rings. The second kappa shape index (κ2) is 14.4. The van der Waals surface area contributed by atoms with Gasteiger partial charge in [-0.25, -0.2) is 9.59 Å². The Morgan fingerprint density at radius 3 is 1.66 bits per heavy atom. The van der Waals surface area contributed by atoms with Crippen LogP contribution in [0, 0.1) is 11.8 Å². The fraction of sp³-hybridized carbons (Fsp3) is 0.444. The Morgan fingerprint density at radius 2 is 1.18 bits per heavy atom. The van der Waals surface area contributed by atoms with E-state index in [2.05, 4.69) is 75.1 Å². The highest BCUT2D eigenvalue weighted by atomic mass is 79.9. The lowest BCUT2D eigenvalue weighted by Gasteiger charge is -2.19. The van der Waals surface area contributed by atoms with Crippen LogP contribution in [0.1, 0.15) is 77.3 Å². The molecule has 6 nitrogen and oxygen atoms in total. The number of hydrogen-bond donors (Lipinski definition) is 2. The topological polar surface area (TPSA) is 76.7 Å². The van der Waals surface area contributed by atoms with Crippen LogP contribution < -0.4 is 10.6 Å². The number of halogens is 2. The van der Waals surface area contributed by atoms with Crippen LogP contribution in [-0.4, -0.2) is 36.5 Å². The zero-order chi connectivity index (χ0) is 32.1. The van der Waals surface area contributed by atoms with E-state index >= 15 is 0 Å². The first kappa shape index (κ1) is 33.9. The number of alkyl carbamates (subject to hydrolysis) is 2. The molecule has 3 aromatic rings. The molecule has 4 atom stereocenters. The Balaban J connectivity index is 0.000000209. The molecule has 0 aromatic heterocycles. The highest BCUT2D eigenvalue weighted by molar-refractivity contribution is 9.10. The average Bonchev–Trinajstić information content (AvgIpc) is 3.85. The summed E-state index contributed by atoms with van der Waals surface area (Å²) in [7, 11) is 0. The summed E-state index contributed by atoms with van der Waals surface area (Å²) in [5, 5.41) is 6.46. The normalized spacial score (nSPS) is 20.5. The molecule has 4 unspecified atom stereocenters. The van der Waals surface area contributed by atoms with Crippen molar-refractivity contribution in [2.75, 3.05) is 13.1 Å². The SMILES string of the molecule is CC(C)(C)OC(=O)NCC1CC1c1cccc(-c2cccc(Cl)c2)c1.CC(C)(C)OC(=O)NCC1CC1c1cccc(Br)c1. The smallest absolute Gasteiger partial charge is 0.407 e. The number of carbonyl (C=O) groups excluding carboxylic acids is 2. The standard InChI is InChI=1S/C21H24ClNO2.C15H20BrNO2/c1-21(2,3)25-20(24)23-13-17-12-19(17)16-8-4-6-14(10-16)15-7-5-9-18(22)11-15;1-15(2,3)19-14(18)17-9-11-8-13(11)10-5-4-6-12(16)7-10/h4-11,17,19H,12-13H2,1-3H3,(H,23,24);4-7,11,13H,8-9H2,1-3H3,(H,17,18). The lowest BCUT2D eigenvalue weighted by atomic mass is 10.0. The van der Waals surface area contributed by atoms with Gasteiger partial charge in [0.2, 0.25) is 0 Å². The summed E-state index contributed by atoms with van der Waals surface area (Å²) >= 11 is 9.58. The van der Waals surface area contributed by atoms with E-state index in [4.69, 9.17) is 21.1 Å². The predicted octanol–water partition coefficient (Wildman–Crippen LogP) is 9.71. The van der Waals surface area contributed by atoms with Crippen LogP contribution in [0.3, 0.4) is 0 Å². The van der Waals surface area contributed by atoms with E-state index in [1.54, 1.807) is 0 Å². The van der Waals surface area contributed by atoms with E-state index in [1.807, 2.05) is 65.8 Å². The first-order chi connectivity index (χ1) is 20.7. The van der Waals surface area contributed by atoms with Gasteiger partial charge in [-0.2, -0.15) is 0 Å². The number of amides is 2. The first-order valence-corrected chi connectivity index (χ1v) is 16.4. The van der Waals surface area contributed by atoms with Crippen molar-refractivity contribution in [1.29, 1.82) is 0 Å². The minimum absolute atomic E-state index is 0.326. The number of rotatable bonds is 7. The van der Waals surface area contributed by atoms with Crippen molar-refractivity contribution in [1.82, 2.24) is 10.6 Å². The van der Waals surface area contributed by atoms with Gasteiger partial charge in [-0.1, -0.05) is 76.1 Å². The molecule has 5 rings (SSSR count). The minimum atomic E-state index is -0.460. The molecule has 0 saturated heterocycles. The molecular formula is C36H44BrClN2O4. The predicted molar refractivity (Wildman–Crippen MR) is 181 cm³/mol. The van der Waals surface area contributed by atoms with Crippen molar-refractivity contribution in [2.45, 2.75) is 77.4 Å². The van der Waals surface area contributed by atoms with Gasteiger partial charge >= 0.3 is 12.2 Å². The van der Waals surface area contributed by atoms with Crippen LogP contribution in [-0.2, 0) is 9.47 Å². The van der Waals surface area contributed by atoms with Crippen LogP contribution in [0.25, 0.3) is 11.1 Å². The molecule has 2 aliphatic carbocycles. The molecule has 236 valence electrons. The van der Waals surface area contributed by atoms with E-state index in [1.165, 1.54) is 16.7 Å². The van der Waals surface area contributed by atoms with Gasteiger partial charge in [-0.05, 0) is 125 Å². The molecule has 0 spiro atoms. The maximum Gasteiger partial charge on any atom is 0.407 e. The average molecular weight is 684 g/mol. The quantitative estimate of drug-likeness (QED) is 0.260. The summed E-state index contributed by atoms with van der Waals surface area (Å²) in [4.78, 5) is 23.3. The molecule has 8 heteroatoms. The van der Waals surface area contributed by atoms with Crippen molar-refractivity contribution in [3.63, 3.8) is 0 Å². The lowest BCUT2D eigenvalue weighted by molar-refractivity contribution is 0.0513. The summed E-state index contributed by atoms with van der Waals surface area (Å²) in [5.41, 5.74) is 4.05. The largest absolute Gasteiger partial charge is 0.444 e. The van der Waals surface area contributed by atoms with E-state index < -0.39 is 11.2 Å². The number of nitrogens with one attached hydrogen (secondary N) is 2. The summed E-state index contributed by atoms with van der Waals surface area (Å²) < 4.78 is 11.6. The third kappa shape index (κ3) is 11.2. The van der Waals surface area contributed by atoms with Gasteiger partial charge in [0.25, 0.3) is 0 Å². The van der Waals surface area contributed by atoms with Gasteiger partial charge in [0.15, 0.2) is 0 Å². The van der Waals surface area contributed by atoms with E-state index in [9.17, 15) is 9.59 Å². The highest BCUT2D eigenvalue weighted by Gasteiger charge is 2.39. The maximum absolute atomic E-state index is 11.8. The molecule has 0 heterocycles. The van der Waals surface area contributed by atoms with Gasteiger partial charge in [-0.15, -0.1) is 0 Å². The number of benzene rings is 3. The van der Waals surface area contributed by atoms with Gasteiger partial charge in [-0.3, -0.25) is 0 Å². The molecule has 3 aromatic carbocycles. The van der Waals surface area contributed by atoms with Gasteiger partial charge in [0.05, 0.1) is 0 Å². The highest BCUT2D eigenvalue weighted by Crippen LogP contribution is 2.48. The number of ether oxygens (including phenoxy) is 2. The fourth-order valence-corrected chi connectivity index (χ4v) is 5.78. The zero-order valence-electron chi connectivity index (χ0n) is 26.5. The van der Waals surface area contributed by atoms with Gasteiger partial charge in [0, 0.05) is 22.6 Å². The van der Waals surface area contributed by atoms with Crippen LogP contribution >= 0.6 is 27.5 Å². The summed E-state index contributed by atoms with van der Waals surface area (Å²) in [6.07, 6.45) is 1.55. The second-order valence-electron chi connectivity index (χ2n) is 13.7. The zero-order valence-corrected chi connectivity index (χ0v) is 28.8. The molecular weight excluding hydrogens is 640 g/mol. The van der Waals surface area contributed by atoms with Crippen molar-refractivity contribution in [3.05, 3.63) is 93.4 Å². The molecule has 2 aliphatic rings. The van der Waals surface area contributed by atoms with Crippen molar-refractivity contribution in [2.24, 2.45) is 11.8 Å². The molecule has 44 heavy (non-hydrogen) atoms. The van der Waals surface area contributed by atoms with Crippen molar-refractivity contribution < 1.29 is 19.1 Å². The van der Waals surface area contributed by atoms with Crippen LogP contribution in [0.4, 0.5) is 9.59 Å². The Hall–Kier alpha value is -3.03. The monoisotopic (exact) mass is 682 g/mol. The molecule has 0 bridgehead atoms. The second-order valence-corrected chi connectivity index (χ2v) is 15.0. The fourth-order valence-electron chi connectivity index (χ4n) is 5.17. The van der Waals surface area contributed by atoms with Gasteiger partial charge < -0.3 is 20.1 Å². The molecule has 0 radical (unpaired) electrons. The van der Waals surface area contributed by atoms with E-state index in [0.29, 0.717) is 36.8 Å². The third-order valence-electron chi connectivity index (χ3n) is 7.41. The lowest BCUT2D eigenvalue weighted by Crippen LogP contribution is -2.33. The van der Waals surface area contributed by atoms with Crippen molar-refractivity contribution in [3.8, 4) is 11.1 Å². The summed E-state index contributed by atoms with van der Waals surface area (Å²) in [6, 6.07) is 24.8. The third-order valence-corrected chi connectivity index (χ3v) is 8.14. The number of hydrogen-bond acceptors (Lipinski definition) is 4. The van der Waals surface area contributed by atoms with Crippen molar-refractivity contribution >= 4 is 39.7 Å². The molecule has 2 N–H and O–H groups in total. The number of carbonyl (C=O) groups is 2. The molecule has 2 amide bonds. The van der Waals surface area contributed by atoms with E-state index in [0.717, 1.165) is 27.9 Å². The van der Waals surface area contributed by atoms with Crippen LogP contribution in [0.5, 0.6) is 0 Å². The van der Waals surface area contributed by atoms with Gasteiger partial charge in [0.1, 0.15) is 11.2 Å². The van der Waals surface area contributed by atoms with E-state index in [-0.39, 0.29) is 12.2 Å².